The van der Waals surface area contributed by atoms with Crippen molar-refractivity contribution in [3.8, 4) is 0 Å². The van der Waals surface area contributed by atoms with Crippen LogP contribution in [0.2, 0.25) is 0 Å². The summed E-state index contributed by atoms with van der Waals surface area (Å²) in [6.07, 6.45) is 4.58. The highest BCUT2D eigenvalue weighted by atomic mass is 14.2. The van der Waals surface area contributed by atoms with Crippen molar-refractivity contribution in [2.24, 2.45) is 5.41 Å². The van der Waals surface area contributed by atoms with Crippen molar-refractivity contribution < 1.29 is 0 Å². The van der Waals surface area contributed by atoms with Crippen LogP contribution in [0.15, 0.2) is 24.3 Å². The van der Waals surface area contributed by atoms with Crippen LogP contribution in [-0.2, 0) is 0 Å². The number of rotatable bonds is 6. The van der Waals surface area contributed by atoms with Gasteiger partial charge < -0.3 is 0 Å². The molecule has 0 unspecified atom stereocenters. The van der Waals surface area contributed by atoms with Crippen molar-refractivity contribution in [3.63, 3.8) is 0 Å². The highest BCUT2D eigenvalue weighted by molar-refractivity contribution is 5.02. The zero-order valence-electron chi connectivity index (χ0n) is 9.74. The Hall–Kier alpha value is -0.520. The first kappa shape index (κ1) is 12.5. The molecule has 0 aromatic carbocycles. The van der Waals surface area contributed by atoms with Crippen LogP contribution in [0.3, 0.4) is 0 Å². The summed E-state index contributed by atoms with van der Waals surface area (Å²) in [7, 11) is 0. The number of allylic oxidation sites excluding steroid dienone is 2. The summed E-state index contributed by atoms with van der Waals surface area (Å²) >= 11 is 0. The Bertz CT molecular complexity index is 184. The van der Waals surface area contributed by atoms with Crippen LogP contribution in [0.25, 0.3) is 0 Å². The van der Waals surface area contributed by atoms with Gasteiger partial charge in [0.15, 0.2) is 0 Å². The lowest BCUT2D eigenvalue weighted by Gasteiger charge is -2.23. The fourth-order valence-electron chi connectivity index (χ4n) is 1.28. The van der Waals surface area contributed by atoms with E-state index in [2.05, 4.69) is 40.9 Å². The first-order valence-corrected chi connectivity index (χ1v) is 5.18. The molecule has 0 bridgehead atoms. The summed E-state index contributed by atoms with van der Waals surface area (Å²) in [6, 6.07) is 0. The van der Waals surface area contributed by atoms with Crippen molar-refractivity contribution in [3.05, 3.63) is 24.3 Å². The summed E-state index contributed by atoms with van der Waals surface area (Å²) < 4.78 is 0. The lowest BCUT2D eigenvalue weighted by Crippen LogP contribution is -2.10. The predicted octanol–water partition coefficient (Wildman–Crippen LogP) is 4.73. The molecular formula is C13H24. The molecule has 0 spiro atoms. The highest BCUT2D eigenvalue weighted by Crippen LogP contribution is 2.29. The minimum atomic E-state index is 0.423. The normalized spacial score (nSPS) is 11.4. The van der Waals surface area contributed by atoms with Crippen LogP contribution in [0.4, 0.5) is 0 Å². The van der Waals surface area contributed by atoms with E-state index >= 15 is 0 Å². The third kappa shape index (κ3) is 6.62. The average molecular weight is 180 g/mol. The molecule has 0 radical (unpaired) electrons. The minimum absolute atomic E-state index is 0.423. The van der Waals surface area contributed by atoms with E-state index in [0.717, 1.165) is 19.3 Å². The summed E-state index contributed by atoms with van der Waals surface area (Å²) in [5, 5.41) is 0. The molecule has 0 rings (SSSR count). The molecule has 13 heavy (non-hydrogen) atoms. The second kappa shape index (κ2) is 5.26. The van der Waals surface area contributed by atoms with Gasteiger partial charge in [0.2, 0.25) is 0 Å². The molecule has 0 aliphatic carbocycles. The van der Waals surface area contributed by atoms with E-state index in [1.54, 1.807) is 0 Å². The van der Waals surface area contributed by atoms with Gasteiger partial charge in [-0.1, -0.05) is 44.9 Å². The SMILES string of the molecule is C=C(C)CCC(=C)CC(C)(C)CC. The maximum absolute atomic E-state index is 4.12. The molecule has 0 atom stereocenters. The number of hydrogen-bond acceptors (Lipinski definition) is 0. The molecule has 0 aliphatic rings. The molecule has 0 saturated carbocycles. The zero-order chi connectivity index (χ0) is 10.5. The Morgan fingerprint density at radius 1 is 1.15 bits per heavy atom. The summed E-state index contributed by atoms with van der Waals surface area (Å²) in [5.74, 6) is 0. The summed E-state index contributed by atoms with van der Waals surface area (Å²) in [5.41, 5.74) is 3.05. The second-order valence-corrected chi connectivity index (χ2v) is 4.90. The minimum Gasteiger partial charge on any atom is -0.100 e. The van der Waals surface area contributed by atoms with Crippen LogP contribution >= 0.6 is 0 Å². The average Bonchev–Trinajstić information content (AvgIpc) is 2.00. The van der Waals surface area contributed by atoms with Crippen LogP contribution in [-0.4, -0.2) is 0 Å². The van der Waals surface area contributed by atoms with Crippen molar-refractivity contribution >= 4 is 0 Å². The Morgan fingerprint density at radius 2 is 1.69 bits per heavy atom. The molecule has 0 saturated heterocycles. The van der Waals surface area contributed by atoms with Gasteiger partial charge in [-0.25, -0.2) is 0 Å². The summed E-state index contributed by atoms with van der Waals surface area (Å²) in [4.78, 5) is 0. The summed E-state index contributed by atoms with van der Waals surface area (Å²) in [6.45, 7) is 17.0. The molecule has 0 amide bonds. The molecule has 0 heterocycles. The van der Waals surface area contributed by atoms with Gasteiger partial charge in [0, 0.05) is 0 Å². The van der Waals surface area contributed by atoms with Gasteiger partial charge in [0.05, 0.1) is 0 Å². The third-order valence-electron chi connectivity index (χ3n) is 2.59. The molecule has 0 fully saturated rings. The fraction of sp³-hybridized carbons (Fsp3) is 0.692. The molecule has 0 aromatic heterocycles. The maximum Gasteiger partial charge on any atom is -0.0271 e. The standard InChI is InChI=1S/C13H24/c1-7-13(5,6)10-12(4)9-8-11(2)3/h2,4,7-10H2,1,3,5-6H3. The van der Waals surface area contributed by atoms with Gasteiger partial charge in [-0.3, -0.25) is 0 Å². The van der Waals surface area contributed by atoms with E-state index in [9.17, 15) is 0 Å². The van der Waals surface area contributed by atoms with Crippen LogP contribution < -0.4 is 0 Å². The molecule has 0 N–H and O–H groups in total. The van der Waals surface area contributed by atoms with Crippen molar-refractivity contribution in [2.75, 3.05) is 0 Å². The largest absolute Gasteiger partial charge is 0.100 e. The van der Waals surface area contributed by atoms with Crippen molar-refractivity contribution in [2.45, 2.75) is 53.4 Å². The lowest BCUT2D eigenvalue weighted by atomic mass is 9.82. The Balaban J connectivity index is 3.81. The lowest BCUT2D eigenvalue weighted by molar-refractivity contribution is 0.345. The van der Waals surface area contributed by atoms with E-state index in [4.69, 9.17) is 0 Å². The third-order valence-corrected chi connectivity index (χ3v) is 2.59. The molecule has 0 aromatic rings. The van der Waals surface area contributed by atoms with Crippen LogP contribution in [0, 0.1) is 5.41 Å². The highest BCUT2D eigenvalue weighted by Gasteiger charge is 2.15. The van der Waals surface area contributed by atoms with Crippen LogP contribution in [0.1, 0.15) is 53.4 Å². The van der Waals surface area contributed by atoms with Gasteiger partial charge in [0.25, 0.3) is 0 Å². The van der Waals surface area contributed by atoms with Crippen molar-refractivity contribution in [1.29, 1.82) is 0 Å². The van der Waals surface area contributed by atoms with Crippen molar-refractivity contribution in [1.82, 2.24) is 0 Å². The van der Waals surface area contributed by atoms with Gasteiger partial charge in [-0.05, 0) is 31.6 Å². The molecular weight excluding hydrogens is 156 g/mol. The van der Waals surface area contributed by atoms with Gasteiger partial charge in [-0.2, -0.15) is 0 Å². The quantitative estimate of drug-likeness (QED) is 0.519. The first-order chi connectivity index (χ1) is 5.87. The van der Waals surface area contributed by atoms with E-state index in [-0.39, 0.29) is 0 Å². The van der Waals surface area contributed by atoms with E-state index in [1.807, 2.05) is 0 Å². The maximum atomic E-state index is 4.12. The topological polar surface area (TPSA) is 0 Å². The van der Waals surface area contributed by atoms with Gasteiger partial charge >= 0.3 is 0 Å². The van der Waals surface area contributed by atoms with E-state index < -0.39 is 0 Å². The first-order valence-electron chi connectivity index (χ1n) is 5.18. The fourth-order valence-corrected chi connectivity index (χ4v) is 1.28. The van der Waals surface area contributed by atoms with Gasteiger partial charge in [-0.15, -0.1) is 6.58 Å². The van der Waals surface area contributed by atoms with Crippen LogP contribution in [0.5, 0.6) is 0 Å². The molecule has 0 nitrogen and oxygen atoms in total. The molecule has 76 valence electrons. The molecule has 0 aliphatic heterocycles. The number of hydrogen-bond donors (Lipinski definition) is 0. The molecule has 0 heteroatoms. The van der Waals surface area contributed by atoms with E-state index in [1.165, 1.54) is 17.6 Å². The second-order valence-electron chi connectivity index (χ2n) is 4.90. The van der Waals surface area contributed by atoms with E-state index in [0.29, 0.717) is 5.41 Å². The Morgan fingerprint density at radius 3 is 2.08 bits per heavy atom. The monoisotopic (exact) mass is 180 g/mol. The van der Waals surface area contributed by atoms with Gasteiger partial charge in [0.1, 0.15) is 0 Å². The predicted molar refractivity (Wildman–Crippen MR) is 61.9 cm³/mol. The zero-order valence-corrected chi connectivity index (χ0v) is 9.74. The Labute approximate surface area is 83.7 Å². The Kier molecular flexibility index (Phi) is 5.05. The smallest absolute Gasteiger partial charge is 0.0271 e.